The lowest BCUT2D eigenvalue weighted by Crippen LogP contribution is -2.46. The maximum Gasteiger partial charge on any atom is 0.134 e. The molecule has 25 heavy (non-hydrogen) atoms. The van der Waals surface area contributed by atoms with Crippen LogP contribution in [0.5, 0.6) is 5.75 Å². The van der Waals surface area contributed by atoms with Gasteiger partial charge in [0.25, 0.3) is 0 Å². The van der Waals surface area contributed by atoms with Gasteiger partial charge in [0.1, 0.15) is 23.0 Å². The number of fused-ring (bicyclic) bond motifs is 2. The first-order chi connectivity index (χ1) is 12.1. The Balaban J connectivity index is 1.47. The molecule has 1 aromatic carbocycles. The Labute approximate surface area is 144 Å². The summed E-state index contributed by atoms with van der Waals surface area (Å²) >= 11 is 0. The number of piperidine rings is 1. The van der Waals surface area contributed by atoms with E-state index in [4.69, 9.17) is 9.47 Å². The normalized spacial score (nSPS) is 19.8. The van der Waals surface area contributed by atoms with Crippen LogP contribution in [0.2, 0.25) is 0 Å². The highest BCUT2D eigenvalue weighted by Gasteiger charge is 2.42. The minimum Gasteiger partial charge on any atom is -0.497 e. The summed E-state index contributed by atoms with van der Waals surface area (Å²) in [5, 5.41) is 7.24. The van der Waals surface area contributed by atoms with E-state index in [0.717, 1.165) is 25.0 Å². The minimum atomic E-state index is -0.568. The number of methoxy groups -OCH3 is 1. The van der Waals surface area contributed by atoms with E-state index >= 15 is 0 Å². The molecule has 1 spiro atoms. The van der Waals surface area contributed by atoms with E-state index in [9.17, 15) is 8.78 Å². The number of hydrogen-bond acceptors (Lipinski definition) is 4. The predicted octanol–water partition coefficient (Wildman–Crippen LogP) is 2.76. The number of nitrogens with zero attached hydrogens (tertiary/aromatic N) is 2. The van der Waals surface area contributed by atoms with Crippen molar-refractivity contribution in [3.05, 3.63) is 46.8 Å². The fourth-order valence-corrected chi connectivity index (χ4v) is 3.86. The average Bonchev–Trinajstić information content (AvgIpc) is 3.10. The number of ether oxygens (including phenoxy) is 2. The largest absolute Gasteiger partial charge is 0.497 e. The Morgan fingerprint density at radius 2 is 2.00 bits per heavy atom. The van der Waals surface area contributed by atoms with Gasteiger partial charge in [-0.05, 0) is 24.8 Å². The SMILES string of the molecule is COc1cc(F)c(CN2CCC3(CC2)OCCc2cn[nH]c23)c(F)c1. The van der Waals surface area contributed by atoms with Gasteiger partial charge in [0.15, 0.2) is 0 Å². The molecule has 0 amide bonds. The van der Waals surface area contributed by atoms with E-state index < -0.39 is 11.6 Å². The Morgan fingerprint density at radius 3 is 2.68 bits per heavy atom. The Bertz CT molecular complexity index is 746. The molecule has 1 fully saturated rings. The molecular weight excluding hydrogens is 328 g/mol. The highest BCUT2D eigenvalue weighted by Crippen LogP contribution is 2.40. The second-order valence-electron chi connectivity index (χ2n) is 6.71. The van der Waals surface area contributed by atoms with Crippen molar-refractivity contribution < 1.29 is 18.3 Å². The number of aromatic amines is 1. The van der Waals surface area contributed by atoms with E-state index in [1.165, 1.54) is 24.8 Å². The molecule has 2 aromatic rings. The molecule has 0 unspecified atom stereocenters. The van der Waals surface area contributed by atoms with Gasteiger partial charge in [-0.2, -0.15) is 5.10 Å². The smallest absolute Gasteiger partial charge is 0.134 e. The molecule has 134 valence electrons. The number of halogens is 2. The number of hydrogen-bond donors (Lipinski definition) is 1. The molecule has 0 saturated carbocycles. The lowest BCUT2D eigenvalue weighted by Gasteiger charge is -2.43. The van der Waals surface area contributed by atoms with Crippen molar-refractivity contribution in [2.75, 3.05) is 26.8 Å². The van der Waals surface area contributed by atoms with Gasteiger partial charge >= 0.3 is 0 Å². The lowest BCUT2D eigenvalue weighted by atomic mass is 9.83. The van der Waals surface area contributed by atoms with Crippen LogP contribution in [0.4, 0.5) is 8.78 Å². The van der Waals surface area contributed by atoms with Crippen LogP contribution in [-0.4, -0.2) is 41.9 Å². The predicted molar refractivity (Wildman–Crippen MR) is 87.3 cm³/mol. The summed E-state index contributed by atoms with van der Waals surface area (Å²) < 4.78 is 39.4. The molecule has 7 heteroatoms. The zero-order valence-electron chi connectivity index (χ0n) is 14.1. The first-order valence-corrected chi connectivity index (χ1v) is 8.52. The highest BCUT2D eigenvalue weighted by atomic mass is 19.1. The molecular formula is C18H21F2N3O2. The number of rotatable bonds is 3. The zero-order chi connectivity index (χ0) is 17.4. The summed E-state index contributed by atoms with van der Waals surface area (Å²) in [5.41, 5.74) is 2.04. The Morgan fingerprint density at radius 1 is 1.28 bits per heavy atom. The van der Waals surface area contributed by atoms with Gasteiger partial charge in [-0.1, -0.05) is 0 Å². The molecule has 0 aliphatic carbocycles. The molecule has 1 saturated heterocycles. The van der Waals surface area contributed by atoms with Crippen LogP contribution in [0.15, 0.2) is 18.3 Å². The van der Waals surface area contributed by atoms with Gasteiger partial charge in [0, 0.05) is 37.3 Å². The molecule has 2 aliphatic heterocycles. The third-order valence-corrected chi connectivity index (χ3v) is 5.32. The van der Waals surface area contributed by atoms with Crippen LogP contribution in [0.3, 0.4) is 0 Å². The summed E-state index contributed by atoms with van der Waals surface area (Å²) in [6, 6.07) is 2.45. The van der Waals surface area contributed by atoms with Gasteiger partial charge in [0.2, 0.25) is 0 Å². The number of aromatic nitrogens is 2. The summed E-state index contributed by atoms with van der Waals surface area (Å²) in [5.74, 6) is -0.942. The fourth-order valence-electron chi connectivity index (χ4n) is 3.86. The molecule has 0 atom stereocenters. The summed E-state index contributed by atoms with van der Waals surface area (Å²) in [6.07, 6.45) is 4.30. The van der Waals surface area contributed by atoms with Gasteiger partial charge in [-0.25, -0.2) is 8.78 Å². The number of H-pyrrole nitrogens is 1. The second kappa shape index (κ2) is 6.38. The third-order valence-electron chi connectivity index (χ3n) is 5.32. The fraction of sp³-hybridized carbons (Fsp3) is 0.500. The van der Waals surface area contributed by atoms with Gasteiger partial charge in [-0.3, -0.25) is 10.00 Å². The Kier molecular flexibility index (Phi) is 4.21. The van der Waals surface area contributed by atoms with Crippen molar-refractivity contribution in [1.82, 2.24) is 15.1 Å². The van der Waals surface area contributed by atoms with E-state index in [1.54, 1.807) is 0 Å². The van der Waals surface area contributed by atoms with Crippen LogP contribution in [0, 0.1) is 11.6 Å². The second-order valence-corrected chi connectivity index (χ2v) is 6.71. The monoisotopic (exact) mass is 349 g/mol. The molecule has 5 nitrogen and oxygen atoms in total. The number of nitrogens with one attached hydrogen (secondary N) is 1. The van der Waals surface area contributed by atoms with E-state index in [2.05, 4.69) is 15.1 Å². The molecule has 1 N–H and O–H groups in total. The standard InChI is InChI=1S/C18H21F2N3O2/c1-24-13-8-15(19)14(16(20)9-13)11-23-5-3-18(4-6-23)17-12(2-7-25-18)10-21-22-17/h8-10H,2-7,11H2,1H3,(H,21,22). The van der Waals surface area contributed by atoms with Crippen LogP contribution in [-0.2, 0) is 23.3 Å². The molecule has 0 bridgehead atoms. The van der Waals surface area contributed by atoms with E-state index in [0.29, 0.717) is 19.7 Å². The highest BCUT2D eigenvalue weighted by molar-refractivity contribution is 5.31. The van der Waals surface area contributed by atoms with Gasteiger partial charge in [0.05, 0.1) is 25.6 Å². The van der Waals surface area contributed by atoms with E-state index in [-0.39, 0.29) is 23.5 Å². The van der Waals surface area contributed by atoms with Crippen molar-refractivity contribution in [2.24, 2.45) is 0 Å². The first-order valence-electron chi connectivity index (χ1n) is 8.52. The zero-order valence-corrected chi connectivity index (χ0v) is 14.1. The molecule has 0 radical (unpaired) electrons. The average molecular weight is 349 g/mol. The molecule has 1 aromatic heterocycles. The number of likely N-dealkylation sites (tertiary alicyclic amines) is 1. The van der Waals surface area contributed by atoms with Crippen LogP contribution >= 0.6 is 0 Å². The van der Waals surface area contributed by atoms with Crippen molar-refractivity contribution in [3.63, 3.8) is 0 Å². The number of benzene rings is 1. The van der Waals surface area contributed by atoms with Crippen LogP contribution < -0.4 is 4.74 Å². The summed E-state index contributed by atoms with van der Waals surface area (Å²) in [7, 11) is 1.39. The topological polar surface area (TPSA) is 50.4 Å². The minimum absolute atomic E-state index is 0.0866. The van der Waals surface area contributed by atoms with Crippen molar-refractivity contribution in [1.29, 1.82) is 0 Å². The first kappa shape index (κ1) is 16.5. The maximum atomic E-state index is 14.2. The molecule has 2 aliphatic rings. The van der Waals surface area contributed by atoms with Crippen LogP contribution in [0.25, 0.3) is 0 Å². The third kappa shape index (κ3) is 2.91. The van der Waals surface area contributed by atoms with Crippen LogP contribution in [0.1, 0.15) is 29.7 Å². The summed E-state index contributed by atoms with van der Waals surface area (Å²) in [4.78, 5) is 2.06. The lowest BCUT2D eigenvalue weighted by molar-refractivity contribution is -0.102. The molecule has 3 heterocycles. The van der Waals surface area contributed by atoms with Crippen molar-refractivity contribution in [3.8, 4) is 5.75 Å². The summed E-state index contributed by atoms with van der Waals surface area (Å²) in [6.45, 7) is 2.36. The molecule has 4 rings (SSSR count). The quantitative estimate of drug-likeness (QED) is 0.926. The maximum absolute atomic E-state index is 14.2. The van der Waals surface area contributed by atoms with Gasteiger partial charge < -0.3 is 9.47 Å². The van der Waals surface area contributed by atoms with Gasteiger partial charge in [-0.15, -0.1) is 0 Å². The van der Waals surface area contributed by atoms with Crippen molar-refractivity contribution in [2.45, 2.75) is 31.4 Å². The Hall–Kier alpha value is -1.99. The van der Waals surface area contributed by atoms with Crippen molar-refractivity contribution >= 4 is 0 Å². The van der Waals surface area contributed by atoms with E-state index in [1.807, 2.05) is 6.20 Å².